The number of nitrogens with two attached hydrogens (primary N) is 1. The highest BCUT2D eigenvalue weighted by Crippen LogP contribution is 2.25. The van der Waals surface area contributed by atoms with Gasteiger partial charge in [-0.1, -0.05) is 48.0 Å². The minimum atomic E-state index is -0.799. The number of nitrogens with zero attached hydrogens (tertiary/aromatic N) is 1. The molecule has 1 unspecified atom stereocenters. The van der Waals surface area contributed by atoms with Gasteiger partial charge in [0.05, 0.1) is 12.5 Å². The van der Waals surface area contributed by atoms with E-state index in [4.69, 9.17) is 22.1 Å². The van der Waals surface area contributed by atoms with Crippen molar-refractivity contribution in [1.82, 2.24) is 5.32 Å². The van der Waals surface area contributed by atoms with Gasteiger partial charge in [0.1, 0.15) is 0 Å². The first-order chi connectivity index (χ1) is 12.9. The fraction of sp³-hybridized carbons (Fsp3) is 0.211. The van der Waals surface area contributed by atoms with Crippen LogP contribution >= 0.6 is 11.6 Å². The molecule has 0 heterocycles. The Morgan fingerprint density at radius 2 is 1.74 bits per heavy atom. The van der Waals surface area contributed by atoms with Crippen LogP contribution in [0.3, 0.4) is 0 Å². The van der Waals surface area contributed by atoms with Crippen molar-refractivity contribution in [3.8, 4) is 0 Å². The molecule has 0 aliphatic heterocycles. The lowest BCUT2D eigenvalue weighted by Gasteiger charge is -2.20. The van der Waals surface area contributed by atoms with Crippen LogP contribution in [0, 0.1) is 0 Å². The molecule has 7 nitrogen and oxygen atoms in total. The second-order valence-electron chi connectivity index (χ2n) is 5.74. The zero-order valence-electron chi connectivity index (χ0n) is 14.7. The molecule has 0 bridgehead atoms. The number of hydrogen-bond donors (Lipinski definition) is 2. The molecule has 0 radical (unpaired) electrons. The predicted molar refractivity (Wildman–Crippen MR) is 102 cm³/mol. The van der Waals surface area contributed by atoms with E-state index in [1.54, 1.807) is 55.6 Å². The fourth-order valence-electron chi connectivity index (χ4n) is 2.43. The average Bonchev–Trinajstić information content (AvgIpc) is 2.65. The normalized spacial score (nSPS) is 11.3. The molecule has 2 rings (SSSR count). The number of nitrogens with one attached hydrogen (secondary N) is 1. The van der Waals surface area contributed by atoms with Crippen LogP contribution in [-0.2, 0) is 14.3 Å². The van der Waals surface area contributed by atoms with Gasteiger partial charge in [0.2, 0.25) is 0 Å². The van der Waals surface area contributed by atoms with Gasteiger partial charge in [-0.05, 0) is 23.8 Å². The van der Waals surface area contributed by atoms with Crippen molar-refractivity contribution in [3.63, 3.8) is 0 Å². The molecular formula is C19H20ClN3O4. The second kappa shape index (κ2) is 9.59. The molecule has 0 saturated carbocycles. The lowest BCUT2D eigenvalue weighted by atomic mass is 10.0. The van der Waals surface area contributed by atoms with E-state index in [1.165, 1.54) is 4.90 Å². The van der Waals surface area contributed by atoms with E-state index in [0.717, 1.165) is 0 Å². The summed E-state index contributed by atoms with van der Waals surface area (Å²) >= 11 is 6.12. The maximum atomic E-state index is 12.2. The summed E-state index contributed by atoms with van der Waals surface area (Å²) in [7, 11) is 1.59. The highest BCUT2D eigenvalue weighted by Gasteiger charge is 2.22. The number of likely N-dealkylation sites (N-methyl/N-ethyl adjacent to an activating group) is 1. The summed E-state index contributed by atoms with van der Waals surface area (Å²) in [4.78, 5) is 37.0. The molecule has 0 fully saturated rings. The minimum Gasteiger partial charge on any atom is -0.455 e. The molecule has 3 amide bonds. The maximum Gasteiger partial charge on any atom is 0.312 e. The number of halogens is 1. The van der Waals surface area contributed by atoms with Gasteiger partial charge in [-0.2, -0.15) is 0 Å². The topological polar surface area (TPSA) is 102 Å². The van der Waals surface area contributed by atoms with Crippen molar-refractivity contribution in [2.45, 2.75) is 12.5 Å². The Kier molecular flexibility index (Phi) is 7.19. The van der Waals surface area contributed by atoms with Gasteiger partial charge in [0.25, 0.3) is 5.91 Å². The second-order valence-corrected chi connectivity index (χ2v) is 6.14. The summed E-state index contributed by atoms with van der Waals surface area (Å²) in [6.07, 6.45) is -0.213. The predicted octanol–water partition coefficient (Wildman–Crippen LogP) is 2.65. The van der Waals surface area contributed by atoms with Crippen molar-refractivity contribution in [1.29, 1.82) is 0 Å². The van der Waals surface area contributed by atoms with Crippen LogP contribution in [0.5, 0.6) is 0 Å². The first-order valence-corrected chi connectivity index (χ1v) is 8.54. The van der Waals surface area contributed by atoms with Gasteiger partial charge >= 0.3 is 12.0 Å². The molecule has 3 N–H and O–H groups in total. The van der Waals surface area contributed by atoms with Crippen LogP contribution < -0.4 is 16.0 Å². The summed E-state index contributed by atoms with van der Waals surface area (Å²) < 4.78 is 5.05. The molecule has 1 atom stereocenters. The van der Waals surface area contributed by atoms with E-state index in [0.29, 0.717) is 16.3 Å². The Labute approximate surface area is 162 Å². The zero-order chi connectivity index (χ0) is 19.8. The monoisotopic (exact) mass is 389 g/mol. The number of anilines is 1. The lowest BCUT2D eigenvalue weighted by Crippen LogP contribution is -2.35. The van der Waals surface area contributed by atoms with Crippen molar-refractivity contribution < 1.29 is 19.1 Å². The van der Waals surface area contributed by atoms with Crippen LogP contribution in [0.4, 0.5) is 10.5 Å². The Balaban J connectivity index is 1.96. The molecular weight excluding hydrogens is 370 g/mol. The number of urea groups is 1. The molecule has 2 aromatic rings. The van der Waals surface area contributed by atoms with E-state index in [1.807, 2.05) is 6.07 Å². The van der Waals surface area contributed by atoms with E-state index in [-0.39, 0.29) is 12.3 Å². The minimum absolute atomic E-state index is 0.213. The largest absolute Gasteiger partial charge is 0.455 e. The Morgan fingerprint density at radius 3 is 2.37 bits per heavy atom. The summed E-state index contributed by atoms with van der Waals surface area (Å²) in [5.41, 5.74) is 6.39. The number of ether oxygens (including phenoxy) is 1. The Bertz CT molecular complexity index is 814. The number of benzene rings is 2. The molecule has 142 valence electrons. The number of primary amides is 1. The van der Waals surface area contributed by atoms with Crippen LogP contribution in [0.2, 0.25) is 5.02 Å². The maximum absolute atomic E-state index is 12.2. The van der Waals surface area contributed by atoms with Crippen molar-refractivity contribution in [3.05, 3.63) is 65.2 Å². The van der Waals surface area contributed by atoms with Gasteiger partial charge < -0.3 is 20.7 Å². The first-order valence-electron chi connectivity index (χ1n) is 8.16. The van der Waals surface area contributed by atoms with E-state index in [9.17, 15) is 14.4 Å². The third-order valence-electron chi connectivity index (χ3n) is 3.84. The molecule has 27 heavy (non-hydrogen) atoms. The van der Waals surface area contributed by atoms with Crippen LogP contribution in [0.25, 0.3) is 0 Å². The molecule has 0 saturated heterocycles. The van der Waals surface area contributed by atoms with Crippen molar-refractivity contribution >= 4 is 35.2 Å². The third-order valence-corrected chi connectivity index (χ3v) is 4.19. The molecule has 0 aliphatic carbocycles. The number of carbonyl (C=O) groups excluding carboxylic acids is 3. The highest BCUT2D eigenvalue weighted by atomic mass is 35.5. The number of para-hydroxylation sites is 1. The lowest BCUT2D eigenvalue weighted by molar-refractivity contribution is -0.148. The summed E-state index contributed by atoms with van der Waals surface area (Å²) in [5.74, 6) is -1.05. The number of rotatable bonds is 7. The van der Waals surface area contributed by atoms with E-state index < -0.39 is 24.6 Å². The standard InChI is InChI=1S/C19H20ClN3O4/c1-23(13-7-3-2-4-8-13)17(24)12-27-18(25)11-16(22-19(21)26)14-9-5-6-10-15(14)20/h2-10,16H,11-12H2,1H3,(H3,21,22,26). The smallest absolute Gasteiger partial charge is 0.312 e. The first kappa shape index (κ1) is 20.3. The number of carbonyl (C=O) groups is 3. The highest BCUT2D eigenvalue weighted by molar-refractivity contribution is 6.31. The van der Waals surface area contributed by atoms with Crippen LogP contribution in [0.1, 0.15) is 18.0 Å². The Morgan fingerprint density at radius 1 is 1.11 bits per heavy atom. The molecule has 8 heteroatoms. The van der Waals surface area contributed by atoms with Gasteiger partial charge in [-0.3, -0.25) is 9.59 Å². The van der Waals surface area contributed by atoms with Gasteiger partial charge in [0.15, 0.2) is 6.61 Å². The zero-order valence-corrected chi connectivity index (χ0v) is 15.5. The summed E-state index contributed by atoms with van der Waals surface area (Å²) in [6.45, 7) is -0.421. The Hall–Kier alpha value is -3.06. The SMILES string of the molecule is CN(C(=O)COC(=O)CC(NC(N)=O)c1ccccc1Cl)c1ccccc1. The summed E-state index contributed by atoms with van der Waals surface area (Å²) in [6, 6.07) is 14.2. The average molecular weight is 390 g/mol. The number of amides is 3. The van der Waals surface area contributed by atoms with E-state index >= 15 is 0 Å². The van der Waals surface area contributed by atoms with Crippen LogP contribution in [-0.4, -0.2) is 31.6 Å². The quantitative estimate of drug-likeness (QED) is 0.710. The van der Waals surface area contributed by atoms with E-state index in [2.05, 4.69) is 5.32 Å². The van der Waals surface area contributed by atoms with Crippen molar-refractivity contribution in [2.75, 3.05) is 18.6 Å². The molecule has 2 aromatic carbocycles. The molecule has 0 spiro atoms. The summed E-state index contributed by atoms with van der Waals surface area (Å²) in [5, 5.41) is 2.84. The molecule has 0 aromatic heterocycles. The van der Waals surface area contributed by atoms with Gasteiger partial charge in [-0.15, -0.1) is 0 Å². The fourth-order valence-corrected chi connectivity index (χ4v) is 2.70. The van der Waals surface area contributed by atoms with Gasteiger partial charge in [0, 0.05) is 17.8 Å². The third kappa shape index (κ3) is 6.00. The van der Waals surface area contributed by atoms with Gasteiger partial charge in [-0.25, -0.2) is 4.79 Å². The number of esters is 1. The number of hydrogen-bond acceptors (Lipinski definition) is 4. The molecule has 0 aliphatic rings. The van der Waals surface area contributed by atoms with Crippen molar-refractivity contribution in [2.24, 2.45) is 5.73 Å². The van der Waals surface area contributed by atoms with Crippen LogP contribution in [0.15, 0.2) is 54.6 Å².